The Bertz CT molecular complexity index is 1270. The minimum atomic E-state index is -0.0998. The van der Waals surface area contributed by atoms with Gasteiger partial charge in [-0.3, -0.25) is 0 Å². The number of benzene rings is 3. The fourth-order valence-electron chi connectivity index (χ4n) is 2.63. The first-order chi connectivity index (χ1) is 14.4. The van der Waals surface area contributed by atoms with Gasteiger partial charge in [0.1, 0.15) is 23.0 Å². The van der Waals surface area contributed by atoms with Crippen LogP contribution in [0.15, 0.2) is 42.5 Å². The molecule has 6 heteroatoms. The lowest BCUT2D eigenvalue weighted by Gasteiger charge is -2.18. The van der Waals surface area contributed by atoms with Crippen molar-refractivity contribution < 1.29 is 19.7 Å². The quantitative estimate of drug-likeness (QED) is 0.303. The van der Waals surface area contributed by atoms with Crippen LogP contribution in [0.4, 0.5) is 11.4 Å². The Morgan fingerprint density at radius 2 is 1.17 bits per heavy atom. The Morgan fingerprint density at radius 3 is 1.60 bits per heavy atom. The average Bonchev–Trinajstić information content (AvgIpc) is 2.74. The van der Waals surface area contributed by atoms with Gasteiger partial charge in [-0.15, -0.1) is 19.3 Å². The monoisotopic (exact) mass is 396 g/mol. The van der Waals surface area contributed by atoms with Crippen molar-refractivity contribution in [2.24, 2.45) is 0 Å². The molecule has 0 radical (unpaired) electrons. The van der Waals surface area contributed by atoms with Crippen LogP contribution in [0.3, 0.4) is 0 Å². The zero-order valence-corrected chi connectivity index (χ0v) is 15.6. The number of hydrogen-bond donors (Lipinski definition) is 4. The maximum atomic E-state index is 9.65. The number of phenolic OH excluding ortho intramolecular Hbond substituents is 2. The van der Waals surface area contributed by atoms with Crippen LogP contribution in [0.2, 0.25) is 0 Å². The minimum absolute atomic E-state index is 0.0949. The molecule has 3 aromatic carbocycles. The summed E-state index contributed by atoms with van der Waals surface area (Å²) in [4.78, 5) is 0. The van der Waals surface area contributed by atoms with Crippen LogP contribution >= 0.6 is 0 Å². The smallest absolute Gasteiger partial charge is 0.188 e. The summed E-state index contributed by atoms with van der Waals surface area (Å²) in [5.74, 6) is 8.07. The molecule has 0 amide bonds. The van der Waals surface area contributed by atoms with Crippen LogP contribution in [0, 0.1) is 37.0 Å². The summed E-state index contributed by atoms with van der Waals surface area (Å²) in [5.41, 5.74) is 12.6. The number of ether oxygens (including phenoxy) is 2. The van der Waals surface area contributed by atoms with Gasteiger partial charge in [-0.2, -0.15) is 0 Å². The highest BCUT2D eigenvalue weighted by Crippen LogP contribution is 2.43. The molecule has 0 aliphatic carbocycles. The van der Waals surface area contributed by atoms with Crippen LogP contribution in [0.1, 0.15) is 16.7 Å². The van der Waals surface area contributed by atoms with E-state index in [4.69, 9.17) is 40.2 Å². The number of aromatic hydroxyl groups is 2. The van der Waals surface area contributed by atoms with Crippen LogP contribution in [0.25, 0.3) is 0 Å². The molecule has 3 rings (SSSR count). The van der Waals surface area contributed by atoms with Gasteiger partial charge in [-0.1, -0.05) is 17.8 Å². The molecule has 0 aliphatic rings. The van der Waals surface area contributed by atoms with E-state index in [2.05, 4.69) is 17.8 Å². The van der Waals surface area contributed by atoms with Crippen molar-refractivity contribution in [3.63, 3.8) is 0 Å². The molecule has 3 aromatic rings. The van der Waals surface area contributed by atoms with E-state index < -0.39 is 0 Å². The lowest BCUT2D eigenvalue weighted by Crippen LogP contribution is -2.00. The van der Waals surface area contributed by atoms with E-state index in [1.807, 2.05) is 0 Å². The molecule has 30 heavy (non-hydrogen) atoms. The molecule has 0 fully saturated rings. The number of anilines is 2. The molecule has 0 unspecified atom stereocenters. The van der Waals surface area contributed by atoms with Crippen molar-refractivity contribution in [3.8, 4) is 71.5 Å². The Labute approximate surface area is 173 Å². The summed E-state index contributed by atoms with van der Waals surface area (Å²) in [6, 6.07) is 10.1. The second kappa shape index (κ2) is 8.02. The highest BCUT2D eigenvalue weighted by Gasteiger charge is 2.21. The minimum Gasteiger partial charge on any atom is -0.506 e. The van der Waals surface area contributed by atoms with Crippen LogP contribution in [-0.4, -0.2) is 10.2 Å². The van der Waals surface area contributed by atoms with Crippen LogP contribution < -0.4 is 20.9 Å². The Kier molecular flexibility index (Phi) is 5.32. The number of nitrogens with two attached hydrogens (primary N) is 2. The lowest BCUT2D eigenvalue weighted by atomic mass is 10.0. The number of rotatable bonds is 4. The molecule has 0 bridgehead atoms. The van der Waals surface area contributed by atoms with Gasteiger partial charge in [0.15, 0.2) is 11.5 Å². The maximum absolute atomic E-state index is 9.65. The van der Waals surface area contributed by atoms with Gasteiger partial charge in [0.05, 0.1) is 22.5 Å². The molecule has 0 aromatic heterocycles. The second-order valence-electron chi connectivity index (χ2n) is 6.08. The van der Waals surface area contributed by atoms with Crippen molar-refractivity contribution in [2.45, 2.75) is 0 Å². The van der Waals surface area contributed by atoms with Gasteiger partial charge in [-0.05, 0) is 30.3 Å². The Balaban J connectivity index is 2.21. The molecule has 0 saturated carbocycles. The first-order valence-electron chi connectivity index (χ1n) is 8.51. The first-order valence-corrected chi connectivity index (χ1v) is 8.51. The van der Waals surface area contributed by atoms with Crippen molar-refractivity contribution in [1.29, 1.82) is 0 Å². The third-order valence-corrected chi connectivity index (χ3v) is 4.13. The summed E-state index contributed by atoms with van der Waals surface area (Å²) in [7, 11) is 0. The summed E-state index contributed by atoms with van der Waals surface area (Å²) >= 11 is 0. The first kappa shape index (κ1) is 19.9. The fourth-order valence-corrected chi connectivity index (χ4v) is 2.63. The van der Waals surface area contributed by atoms with Gasteiger partial charge < -0.3 is 31.2 Å². The van der Waals surface area contributed by atoms with Crippen molar-refractivity contribution >= 4 is 11.4 Å². The summed E-state index contributed by atoms with van der Waals surface area (Å²) < 4.78 is 11.9. The number of terminal acetylenes is 3. The maximum Gasteiger partial charge on any atom is 0.188 e. The normalized spacial score (nSPS) is 9.77. The van der Waals surface area contributed by atoms with Gasteiger partial charge in [-0.25, -0.2) is 0 Å². The van der Waals surface area contributed by atoms with Crippen molar-refractivity contribution in [1.82, 2.24) is 0 Å². The molecule has 0 spiro atoms. The molecule has 0 heterocycles. The number of phenols is 2. The van der Waals surface area contributed by atoms with E-state index in [1.165, 1.54) is 42.5 Å². The zero-order chi connectivity index (χ0) is 21.8. The van der Waals surface area contributed by atoms with Crippen molar-refractivity contribution in [2.75, 3.05) is 11.5 Å². The van der Waals surface area contributed by atoms with Gasteiger partial charge in [0, 0.05) is 17.7 Å². The second-order valence-corrected chi connectivity index (χ2v) is 6.08. The molecule has 0 saturated heterocycles. The van der Waals surface area contributed by atoms with E-state index in [-0.39, 0.29) is 57.0 Å². The van der Waals surface area contributed by atoms with Crippen molar-refractivity contribution in [3.05, 3.63) is 59.2 Å². The summed E-state index contributed by atoms with van der Waals surface area (Å²) in [6.07, 6.45) is 16.9. The molecule has 6 nitrogen and oxygen atoms in total. The Morgan fingerprint density at radius 1 is 0.667 bits per heavy atom. The summed E-state index contributed by atoms with van der Waals surface area (Å²) in [6.45, 7) is 0. The lowest BCUT2D eigenvalue weighted by molar-refractivity contribution is 0.415. The molecule has 146 valence electrons. The van der Waals surface area contributed by atoms with E-state index in [1.54, 1.807) is 0 Å². The third kappa shape index (κ3) is 3.73. The molecule has 0 atom stereocenters. The topological polar surface area (TPSA) is 111 Å². The SMILES string of the molecule is C#Cc1cc(C#C)c(Oc2ccc(O)c(N)c2)c(Oc2ccc(O)c(N)c2)c1C#C. The van der Waals surface area contributed by atoms with E-state index in [9.17, 15) is 10.2 Å². The number of nitrogen functional groups attached to an aromatic ring is 2. The summed E-state index contributed by atoms with van der Waals surface area (Å²) in [5, 5.41) is 19.3. The van der Waals surface area contributed by atoms with E-state index in [0.717, 1.165) is 0 Å². The van der Waals surface area contributed by atoms with Gasteiger partial charge in [0.2, 0.25) is 0 Å². The van der Waals surface area contributed by atoms with Crippen LogP contribution in [-0.2, 0) is 0 Å². The highest BCUT2D eigenvalue weighted by atomic mass is 16.5. The molecular weight excluding hydrogens is 380 g/mol. The van der Waals surface area contributed by atoms with E-state index in [0.29, 0.717) is 5.56 Å². The highest BCUT2D eigenvalue weighted by molar-refractivity contribution is 5.70. The van der Waals surface area contributed by atoms with Gasteiger partial charge >= 0.3 is 0 Å². The Hall–Kier alpha value is -4.86. The van der Waals surface area contributed by atoms with Crippen LogP contribution in [0.5, 0.6) is 34.5 Å². The molecule has 6 N–H and O–H groups in total. The largest absolute Gasteiger partial charge is 0.506 e. The molecular formula is C24H16N2O4. The molecule has 0 aliphatic heterocycles. The number of hydrogen-bond acceptors (Lipinski definition) is 6. The predicted octanol–water partition coefficient (Wildman–Crippen LogP) is 3.79. The average molecular weight is 396 g/mol. The zero-order valence-electron chi connectivity index (χ0n) is 15.6. The van der Waals surface area contributed by atoms with Gasteiger partial charge in [0.25, 0.3) is 0 Å². The standard InChI is InChI=1S/C24H16N2O4/c1-4-14-11-15(5-2)23(29-16-7-9-21(27)19(25)12-16)24(18(14)6-3)30-17-8-10-22(28)20(26)13-17/h1-3,7-13,27-28H,25-26H2. The third-order valence-electron chi connectivity index (χ3n) is 4.13. The van der Waals surface area contributed by atoms with E-state index >= 15 is 0 Å². The fraction of sp³-hybridized carbons (Fsp3) is 0. The predicted molar refractivity (Wildman–Crippen MR) is 115 cm³/mol.